The van der Waals surface area contributed by atoms with Crippen LogP contribution in [0.4, 0.5) is 0 Å². The molecule has 0 spiro atoms. The van der Waals surface area contributed by atoms with Gasteiger partial charge in [0.2, 0.25) is 0 Å². The molecule has 2 aromatic carbocycles. The number of amides is 1. The standard InChI is InChI=1S/C22H28N2O3/c1-18-8-10-20(11-9-18)27-17-22(25)23-12-5-13-24-14-15-26-21(16-24)19-6-3-2-4-7-19/h2-4,6-11,21H,5,12-17H2,1H3,(H,23,25)/t21-/m0/s1. The Hall–Kier alpha value is -2.37. The zero-order valence-corrected chi connectivity index (χ0v) is 15.9. The molecule has 1 amide bonds. The summed E-state index contributed by atoms with van der Waals surface area (Å²) >= 11 is 0. The smallest absolute Gasteiger partial charge is 0.257 e. The Morgan fingerprint density at radius 1 is 1.19 bits per heavy atom. The van der Waals surface area contributed by atoms with Gasteiger partial charge in [0.1, 0.15) is 5.75 Å². The van der Waals surface area contributed by atoms with Crippen LogP contribution in [0.2, 0.25) is 0 Å². The molecular formula is C22H28N2O3. The molecule has 144 valence electrons. The van der Waals surface area contributed by atoms with Gasteiger partial charge in [-0.2, -0.15) is 0 Å². The summed E-state index contributed by atoms with van der Waals surface area (Å²) in [5.74, 6) is 0.635. The maximum atomic E-state index is 11.9. The van der Waals surface area contributed by atoms with Gasteiger partial charge in [0.25, 0.3) is 5.91 Å². The first kappa shape index (κ1) is 19.4. The van der Waals surface area contributed by atoms with Crippen molar-refractivity contribution in [3.63, 3.8) is 0 Å². The highest BCUT2D eigenvalue weighted by molar-refractivity contribution is 5.77. The molecule has 0 aliphatic carbocycles. The number of benzene rings is 2. The average Bonchev–Trinajstić information content (AvgIpc) is 2.72. The number of nitrogens with one attached hydrogen (secondary N) is 1. The highest BCUT2D eigenvalue weighted by atomic mass is 16.5. The van der Waals surface area contributed by atoms with Gasteiger partial charge in [0.05, 0.1) is 12.7 Å². The van der Waals surface area contributed by atoms with Crippen molar-refractivity contribution in [2.45, 2.75) is 19.4 Å². The van der Waals surface area contributed by atoms with Gasteiger partial charge in [-0.25, -0.2) is 0 Å². The molecule has 1 saturated heterocycles. The lowest BCUT2D eigenvalue weighted by Crippen LogP contribution is -2.40. The van der Waals surface area contributed by atoms with E-state index in [4.69, 9.17) is 9.47 Å². The molecule has 5 heteroatoms. The molecule has 3 rings (SSSR count). The second-order valence-corrected chi connectivity index (χ2v) is 6.88. The lowest BCUT2D eigenvalue weighted by atomic mass is 10.1. The second-order valence-electron chi connectivity index (χ2n) is 6.88. The van der Waals surface area contributed by atoms with E-state index >= 15 is 0 Å². The number of rotatable bonds is 8. The molecule has 1 atom stereocenters. The number of carbonyl (C=O) groups excluding carboxylic acids is 1. The maximum absolute atomic E-state index is 11.9. The first-order valence-corrected chi connectivity index (χ1v) is 9.56. The average molecular weight is 368 g/mol. The van der Waals surface area contributed by atoms with Crippen LogP contribution in [-0.2, 0) is 9.53 Å². The van der Waals surface area contributed by atoms with E-state index in [2.05, 4.69) is 22.3 Å². The van der Waals surface area contributed by atoms with E-state index in [1.54, 1.807) is 0 Å². The van der Waals surface area contributed by atoms with Crippen molar-refractivity contribution in [1.82, 2.24) is 10.2 Å². The quantitative estimate of drug-likeness (QED) is 0.728. The van der Waals surface area contributed by atoms with E-state index in [0.29, 0.717) is 6.54 Å². The van der Waals surface area contributed by atoms with Gasteiger partial charge >= 0.3 is 0 Å². The van der Waals surface area contributed by atoms with Crippen LogP contribution in [0, 0.1) is 6.92 Å². The summed E-state index contributed by atoms with van der Waals surface area (Å²) in [6, 6.07) is 18.0. The molecule has 1 heterocycles. The van der Waals surface area contributed by atoms with E-state index in [0.717, 1.165) is 38.4 Å². The predicted octanol–water partition coefficient (Wildman–Crippen LogP) is 2.95. The van der Waals surface area contributed by atoms with Gasteiger partial charge in [0.15, 0.2) is 6.61 Å². The van der Waals surface area contributed by atoms with Gasteiger partial charge in [-0.1, -0.05) is 48.0 Å². The number of aryl methyl sites for hydroxylation is 1. The minimum atomic E-state index is -0.0836. The van der Waals surface area contributed by atoms with E-state index in [-0.39, 0.29) is 18.6 Å². The van der Waals surface area contributed by atoms with Crippen molar-refractivity contribution in [1.29, 1.82) is 0 Å². The van der Waals surface area contributed by atoms with E-state index in [9.17, 15) is 4.79 Å². The van der Waals surface area contributed by atoms with Gasteiger partial charge in [-0.05, 0) is 31.0 Å². The Labute approximate surface area is 161 Å². The summed E-state index contributed by atoms with van der Waals surface area (Å²) in [4.78, 5) is 14.3. The third kappa shape index (κ3) is 6.38. The lowest BCUT2D eigenvalue weighted by molar-refractivity contribution is -0.123. The summed E-state index contributed by atoms with van der Waals surface area (Å²) in [5, 5.41) is 2.92. The van der Waals surface area contributed by atoms with Crippen LogP contribution in [0.1, 0.15) is 23.7 Å². The maximum Gasteiger partial charge on any atom is 0.257 e. The molecule has 1 aliphatic heterocycles. The van der Waals surface area contributed by atoms with Gasteiger partial charge < -0.3 is 14.8 Å². The van der Waals surface area contributed by atoms with Crippen LogP contribution in [0.5, 0.6) is 5.75 Å². The number of nitrogens with zero attached hydrogens (tertiary/aromatic N) is 1. The fraction of sp³-hybridized carbons (Fsp3) is 0.409. The zero-order chi connectivity index (χ0) is 18.9. The van der Waals surface area contributed by atoms with Crippen LogP contribution >= 0.6 is 0 Å². The second kappa shape index (κ2) is 10.1. The van der Waals surface area contributed by atoms with Crippen molar-refractivity contribution in [3.05, 3.63) is 65.7 Å². The van der Waals surface area contributed by atoms with Gasteiger partial charge in [-0.3, -0.25) is 9.69 Å². The molecule has 2 aromatic rings. The summed E-state index contributed by atoms with van der Waals surface area (Å²) < 4.78 is 11.4. The van der Waals surface area contributed by atoms with Gasteiger partial charge in [-0.15, -0.1) is 0 Å². The van der Waals surface area contributed by atoms with Crippen molar-refractivity contribution < 1.29 is 14.3 Å². The Morgan fingerprint density at radius 2 is 1.96 bits per heavy atom. The molecule has 0 bridgehead atoms. The zero-order valence-electron chi connectivity index (χ0n) is 15.9. The molecule has 1 aliphatic rings. The molecular weight excluding hydrogens is 340 g/mol. The molecule has 0 aromatic heterocycles. The molecule has 0 saturated carbocycles. The first-order valence-electron chi connectivity index (χ1n) is 9.56. The monoisotopic (exact) mass is 368 g/mol. The summed E-state index contributed by atoms with van der Waals surface area (Å²) in [6.45, 7) is 6.26. The van der Waals surface area contributed by atoms with Crippen LogP contribution in [0.25, 0.3) is 0 Å². The summed E-state index contributed by atoms with van der Waals surface area (Å²) in [7, 11) is 0. The fourth-order valence-electron chi connectivity index (χ4n) is 3.14. The van der Waals surface area contributed by atoms with Crippen LogP contribution in [-0.4, -0.2) is 50.2 Å². The van der Waals surface area contributed by atoms with Crippen LogP contribution in [0.15, 0.2) is 54.6 Å². The molecule has 1 fully saturated rings. The van der Waals surface area contributed by atoms with Crippen LogP contribution < -0.4 is 10.1 Å². The SMILES string of the molecule is Cc1ccc(OCC(=O)NCCCN2CCO[C@H](c3ccccc3)C2)cc1. The Morgan fingerprint density at radius 3 is 2.74 bits per heavy atom. The first-order chi connectivity index (χ1) is 13.2. The van der Waals surface area contributed by atoms with Crippen molar-refractivity contribution in [2.75, 3.05) is 39.4 Å². The highest BCUT2D eigenvalue weighted by Gasteiger charge is 2.21. The Kier molecular flexibility index (Phi) is 7.25. The third-order valence-corrected chi connectivity index (χ3v) is 4.69. The fourth-order valence-corrected chi connectivity index (χ4v) is 3.14. The molecule has 1 N–H and O–H groups in total. The highest BCUT2D eigenvalue weighted by Crippen LogP contribution is 2.21. The number of carbonyl (C=O) groups is 1. The lowest BCUT2D eigenvalue weighted by Gasteiger charge is -2.33. The third-order valence-electron chi connectivity index (χ3n) is 4.69. The number of morpholine rings is 1. The number of ether oxygens (including phenoxy) is 2. The van der Waals surface area contributed by atoms with E-state index in [1.165, 1.54) is 11.1 Å². The topological polar surface area (TPSA) is 50.8 Å². The molecule has 0 radical (unpaired) electrons. The largest absolute Gasteiger partial charge is 0.484 e. The summed E-state index contributed by atoms with van der Waals surface area (Å²) in [6.07, 6.45) is 1.05. The minimum Gasteiger partial charge on any atom is -0.484 e. The van der Waals surface area contributed by atoms with E-state index in [1.807, 2.05) is 49.4 Å². The van der Waals surface area contributed by atoms with E-state index < -0.39 is 0 Å². The Balaban J connectivity index is 1.31. The molecule has 5 nitrogen and oxygen atoms in total. The minimum absolute atomic E-state index is 0.0523. The van der Waals surface area contributed by atoms with Gasteiger partial charge in [0, 0.05) is 26.2 Å². The number of hydrogen-bond acceptors (Lipinski definition) is 4. The number of hydrogen-bond donors (Lipinski definition) is 1. The molecule has 27 heavy (non-hydrogen) atoms. The normalized spacial score (nSPS) is 17.4. The van der Waals surface area contributed by atoms with Crippen LogP contribution in [0.3, 0.4) is 0 Å². The predicted molar refractivity (Wildman–Crippen MR) is 106 cm³/mol. The van der Waals surface area contributed by atoms with Crippen molar-refractivity contribution >= 4 is 5.91 Å². The summed E-state index contributed by atoms with van der Waals surface area (Å²) in [5.41, 5.74) is 2.40. The van der Waals surface area contributed by atoms with Crippen molar-refractivity contribution in [3.8, 4) is 5.75 Å². The molecule has 0 unspecified atom stereocenters. The van der Waals surface area contributed by atoms with Crippen molar-refractivity contribution in [2.24, 2.45) is 0 Å². The Bertz CT molecular complexity index is 703.